The highest BCUT2D eigenvalue weighted by atomic mass is 15.2. The number of benzene rings is 10. The Bertz CT molecular complexity index is 3240. The van der Waals surface area contributed by atoms with Crippen LogP contribution in [0.15, 0.2) is 249 Å². The molecule has 1 aliphatic carbocycles. The van der Waals surface area contributed by atoms with Crippen molar-refractivity contribution in [2.45, 2.75) is 12.8 Å². The van der Waals surface area contributed by atoms with Crippen LogP contribution in [0.5, 0.6) is 0 Å². The van der Waals surface area contributed by atoms with Gasteiger partial charge >= 0.3 is 0 Å². The second-order valence-corrected chi connectivity index (χ2v) is 16.4. The van der Waals surface area contributed by atoms with E-state index in [2.05, 4.69) is 265 Å². The molecular weight excluding hydrogens is 773 g/mol. The second kappa shape index (κ2) is 17.3. The van der Waals surface area contributed by atoms with Gasteiger partial charge in [0.15, 0.2) is 0 Å². The molecule has 64 heavy (non-hydrogen) atoms. The lowest BCUT2D eigenvalue weighted by atomic mass is 9.93. The van der Waals surface area contributed by atoms with Crippen molar-refractivity contribution in [3.63, 3.8) is 0 Å². The zero-order chi connectivity index (χ0) is 42.7. The number of para-hydroxylation sites is 2. The Morgan fingerprint density at radius 1 is 0.297 bits per heavy atom. The molecule has 2 nitrogen and oxygen atoms in total. The fraction of sp³-hybridized carbons (Fsp3) is 0.0323. The average molecular weight is 819 g/mol. The summed E-state index contributed by atoms with van der Waals surface area (Å²) in [5.41, 5.74) is 19.0. The van der Waals surface area contributed by atoms with E-state index < -0.39 is 0 Å². The first-order valence-corrected chi connectivity index (χ1v) is 22.2. The van der Waals surface area contributed by atoms with Gasteiger partial charge in [-0.05, 0) is 111 Å². The Balaban J connectivity index is 1.01. The largest absolute Gasteiger partial charge is 0.310 e. The van der Waals surface area contributed by atoms with Gasteiger partial charge in [0.1, 0.15) is 0 Å². The van der Waals surface area contributed by atoms with Crippen LogP contribution in [0, 0.1) is 0 Å². The number of hydrogen-bond acceptors (Lipinski definition) is 2. The van der Waals surface area contributed by atoms with Gasteiger partial charge in [0.2, 0.25) is 0 Å². The molecular formula is C62H46N2. The molecule has 0 aromatic heterocycles. The molecule has 0 saturated carbocycles. The maximum atomic E-state index is 2.47. The van der Waals surface area contributed by atoms with Crippen LogP contribution in [0.3, 0.4) is 0 Å². The maximum Gasteiger partial charge on any atom is 0.0540 e. The Morgan fingerprint density at radius 3 is 1.31 bits per heavy atom. The highest BCUT2D eigenvalue weighted by Gasteiger charge is 2.23. The van der Waals surface area contributed by atoms with Crippen molar-refractivity contribution in [1.82, 2.24) is 0 Å². The summed E-state index contributed by atoms with van der Waals surface area (Å²) in [4.78, 5) is 4.89. The first-order valence-electron chi connectivity index (χ1n) is 22.2. The van der Waals surface area contributed by atoms with Crippen LogP contribution >= 0.6 is 0 Å². The molecule has 0 bridgehead atoms. The molecule has 0 aliphatic heterocycles. The zero-order valence-electron chi connectivity index (χ0n) is 35.6. The lowest BCUT2D eigenvalue weighted by molar-refractivity contribution is 0.979. The van der Waals surface area contributed by atoms with Crippen molar-refractivity contribution in [2.24, 2.45) is 0 Å². The van der Waals surface area contributed by atoms with E-state index in [9.17, 15) is 0 Å². The second-order valence-electron chi connectivity index (χ2n) is 16.4. The normalized spacial score (nSPS) is 11.9. The fourth-order valence-electron chi connectivity index (χ4n) is 9.41. The molecule has 10 aromatic carbocycles. The van der Waals surface area contributed by atoms with Crippen molar-refractivity contribution in [3.8, 4) is 44.5 Å². The third-order valence-corrected chi connectivity index (χ3v) is 12.6. The molecule has 11 rings (SSSR count). The highest BCUT2D eigenvalue weighted by Crippen LogP contribution is 2.47. The van der Waals surface area contributed by atoms with E-state index in [4.69, 9.17) is 0 Å². The van der Waals surface area contributed by atoms with Crippen LogP contribution in [0.2, 0.25) is 0 Å². The lowest BCUT2D eigenvalue weighted by Crippen LogP contribution is -2.14. The Morgan fingerprint density at radius 2 is 0.719 bits per heavy atom. The van der Waals surface area contributed by atoms with E-state index in [0.29, 0.717) is 0 Å². The van der Waals surface area contributed by atoms with Crippen molar-refractivity contribution in [3.05, 3.63) is 260 Å². The van der Waals surface area contributed by atoms with Gasteiger partial charge in [-0.15, -0.1) is 0 Å². The lowest BCUT2D eigenvalue weighted by Gasteiger charge is -2.31. The van der Waals surface area contributed by atoms with Crippen molar-refractivity contribution < 1.29 is 0 Å². The fourth-order valence-corrected chi connectivity index (χ4v) is 9.41. The van der Waals surface area contributed by atoms with Crippen molar-refractivity contribution in [2.75, 3.05) is 9.80 Å². The minimum Gasteiger partial charge on any atom is -0.310 e. The zero-order valence-corrected chi connectivity index (χ0v) is 35.6. The van der Waals surface area contributed by atoms with Crippen LogP contribution in [0.4, 0.5) is 34.1 Å². The summed E-state index contributed by atoms with van der Waals surface area (Å²) in [6.45, 7) is 0. The molecule has 0 N–H and O–H groups in total. The van der Waals surface area contributed by atoms with E-state index in [-0.39, 0.29) is 0 Å². The summed E-state index contributed by atoms with van der Waals surface area (Å²) >= 11 is 0. The summed E-state index contributed by atoms with van der Waals surface area (Å²) in [5, 5.41) is 2.41. The van der Waals surface area contributed by atoms with E-state index in [0.717, 1.165) is 58.0 Å². The molecule has 2 heteroatoms. The molecule has 0 atom stereocenters. The van der Waals surface area contributed by atoms with Crippen LogP contribution < -0.4 is 9.80 Å². The smallest absolute Gasteiger partial charge is 0.0540 e. The summed E-state index contributed by atoms with van der Waals surface area (Å²) in [7, 11) is 0. The predicted molar refractivity (Wildman–Crippen MR) is 272 cm³/mol. The minimum atomic E-state index is 1.00. The van der Waals surface area contributed by atoms with Crippen LogP contribution in [0.1, 0.15) is 17.5 Å². The van der Waals surface area contributed by atoms with Crippen molar-refractivity contribution >= 4 is 51.0 Å². The molecule has 0 spiro atoms. The number of anilines is 6. The van der Waals surface area contributed by atoms with Gasteiger partial charge in [0, 0.05) is 33.6 Å². The maximum absolute atomic E-state index is 2.47. The summed E-state index contributed by atoms with van der Waals surface area (Å²) in [6, 6.07) is 88.1. The van der Waals surface area contributed by atoms with Gasteiger partial charge < -0.3 is 9.80 Å². The van der Waals surface area contributed by atoms with Gasteiger partial charge in [-0.3, -0.25) is 0 Å². The number of allylic oxidation sites excluding steroid dienone is 1. The molecule has 0 amide bonds. The first kappa shape index (κ1) is 38.7. The van der Waals surface area contributed by atoms with Gasteiger partial charge in [0.25, 0.3) is 0 Å². The molecule has 0 unspecified atom stereocenters. The Kier molecular flexibility index (Phi) is 10.5. The Hall–Kier alpha value is -8.20. The third kappa shape index (κ3) is 7.46. The predicted octanol–water partition coefficient (Wildman–Crippen LogP) is 17.4. The molecule has 1 aliphatic rings. The van der Waals surface area contributed by atoms with Crippen LogP contribution in [-0.2, 0) is 6.42 Å². The summed E-state index contributed by atoms with van der Waals surface area (Å²) in [6.07, 6.45) is 6.61. The van der Waals surface area contributed by atoms with Crippen molar-refractivity contribution in [1.29, 1.82) is 0 Å². The number of hydrogen-bond donors (Lipinski definition) is 0. The van der Waals surface area contributed by atoms with E-state index >= 15 is 0 Å². The number of rotatable bonds is 10. The number of nitrogens with zero attached hydrogens (tertiary/aromatic N) is 2. The molecule has 0 fully saturated rings. The standard InChI is InChI=1S/C62H46N2/c1-3-17-45(18-4-1)47-37-41-53(42-38-47)63(61-31-15-23-49-21-7-9-25-55(49)61)59-29-13-11-27-57(59)51-33-35-52(36-34-51)58-28-12-14-30-60(58)64(62-32-16-24-50-22-8-10-26-56(50)62)54-43-39-48(40-44-54)46-19-5-2-6-20-46/h1-9,11-25,27-44H,10,26H2. The molecule has 10 aromatic rings. The first-order chi connectivity index (χ1) is 31.8. The highest BCUT2D eigenvalue weighted by molar-refractivity contribution is 6.01. The number of fused-ring (bicyclic) bond motifs is 2. The van der Waals surface area contributed by atoms with Gasteiger partial charge in [-0.25, -0.2) is 0 Å². The summed E-state index contributed by atoms with van der Waals surface area (Å²) < 4.78 is 0. The third-order valence-electron chi connectivity index (χ3n) is 12.6. The monoisotopic (exact) mass is 818 g/mol. The van der Waals surface area contributed by atoms with E-state index in [1.807, 2.05) is 0 Å². The molecule has 0 radical (unpaired) electrons. The van der Waals surface area contributed by atoms with E-state index in [1.165, 1.54) is 55.4 Å². The van der Waals surface area contributed by atoms with E-state index in [1.54, 1.807) is 0 Å². The molecule has 0 saturated heterocycles. The Labute approximate surface area is 376 Å². The van der Waals surface area contributed by atoms with Crippen LogP contribution in [-0.4, -0.2) is 0 Å². The molecule has 0 heterocycles. The molecule has 304 valence electrons. The van der Waals surface area contributed by atoms with Gasteiger partial charge in [0.05, 0.1) is 17.1 Å². The van der Waals surface area contributed by atoms with Crippen LogP contribution in [0.25, 0.3) is 61.4 Å². The summed E-state index contributed by atoms with van der Waals surface area (Å²) in [5.74, 6) is 0. The topological polar surface area (TPSA) is 6.48 Å². The minimum absolute atomic E-state index is 1.00. The SMILES string of the molecule is C1=Cc2cccc(N(c3ccc(-c4ccccc4)cc3)c3ccccc3-c3ccc(-c4ccccc4N(c4ccc(-c5ccccc5)cc4)c4cccc5ccccc45)cc3)c2CC1. The quantitative estimate of drug-likeness (QED) is 0.136. The average Bonchev–Trinajstić information content (AvgIpc) is 3.38. The van der Waals surface area contributed by atoms with Gasteiger partial charge in [-0.2, -0.15) is 0 Å². The van der Waals surface area contributed by atoms with Gasteiger partial charge in [-0.1, -0.05) is 206 Å².